The highest BCUT2D eigenvalue weighted by Gasteiger charge is 2.24. The fourth-order valence-electron chi connectivity index (χ4n) is 2.91. The summed E-state index contributed by atoms with van der Waals surface area (Å²) in [6, 6.07) is 10.9. The lowest BCUT2D eigenvalue weighted by molar-refractivity contribution is 0.0936. The number of fused-ring (bicyclic) bond motifs is 1. The first-order chi connectivity index (χ1) is 10.6. The number of rotatable bonds is 3. The van der Waals surface area contributed by atoms with Crippen molar-refractivity contribution in [3.63, 3.8) is 0 Å². The molecule has 1 unspecified atom stereocenters. The number of phenols is 1. The first-order valence-corrected chi connectivity index (χ1v) is 7.36. The number of hydrogen-bond donors (Lipinski definition) is 2. The van der Waals surface area contributed by atoms with Crippen LogP contribution in [0.15, 0.2) is 36.4 Å². The van der Waals surface area contributed by atoms with Crippen LogP contribution < -0.4 is 10.1 Å². The highest BCUT2D eigenvalue weighted by molar-refractivity contribution is 5.94. The molecular formula is C18H19NO3. The average Bonchev–Trinajstić information content (AvgIpc) is 2.92. The predicted octanol–water partition coefficient (Wildman–Crippen LogP) is 3.13. The van der Waals surface area contributed by atoms with Crippen LogP contribution in [0.4, 0.5) is 0 Å². The summed E-state index contributed by atoms with van der Waals surface area (Å²) in [6.45, 7) is 1.78. The molecule has 1 amide bonds. The Morgan fingerprint density at radius 2 is 2.09 bits per heavy atom. The largest absolute Gasteiger partial charge is 0.508 e. The van der Waals surface area contributed by atoms with Gasteiger partial charge in [0.1, 0.15) is 11.5 Å². The molecule has 2 N–H and O–H groups in total. The number of aryl methyl sites for hydroxylation is 2. The van der Waals surface area contributed by atoms with Crippen LogP contribution >= 0.6 is 0 Å². The van der Waals surface area contributed by atoms with Crippen LogP contribution in [0.3, 0.4) is 0 Å². The van der Waals surface area contributed by atoms with Crippen molar-refractivity contribution in [3.8, 4) is 11.5 Å². The fourth-order valence-corrected chi connectivity index (χ4v) is 2.91. The Bertz CT molecular complexity index is 724. The zero-order valence-electron chi connectivity index (χ0n) is 12.7. The molecule has 0 saturated carbocycles. The third kappa shape index (κ3) is 2.64. The summed E-state index contributed by atoms with van der Waals surface area (Å²) in [7, 11) is 1.66. The van der Waals surface area contributed by atoms with Gasteiger partial charge in [-0.2, -0.15) is 0 Å². The molecule has 0 spiro atoms. The van der Waals surface area contributed by atoms with Gasteiger partial charge in [-0.3, -0.25) is 4.79 Å². The van der Waals surface area contributed by atoms with Crippen LogP contribution in [0.25, 0.3) is 0 Å². The summed E-state index contributed by atoms with van der Waals surface area (Å²) in [6.07, 6.45) is 1.83. The Morgan fingerprint density at radius 3 is 2.82 bits per heavy atom. The van der Waals surface area contributed by atoms with Crippen molar-refractivity contribution >= 4 is 5.91 Å². The van der Waals surface area contributed by atoms with Gasteiger partial charge in [0.05, 0.1) is 13.2 Å². The quantitative estimate of drug-likeness (QED) is 0.915. The maximum atomic E-state index is 12.4. The summed E-state index contributed by atoms with van der Waals surface area (Å²) in [5.74, 6) is 0.937. The molecule has 3 rings (SSSR count). The number of carbonyl (C=O) groups excluding carboxylic acids is 1. The second-order valence-corrected chi connectivity index (χ2v) is 5.63. The summed E-state index contributed by atoms with van der Waals surface area (Å²) >= 11 is 0. The molecule has 1 aliphatic rings. The molecule has 0 saturated heterocycles. The Morgan fingerprint density at radius 1 is 1.27 bits per heavy atom. The van der Waals surface area contributed by atoms with Gasteiger partial charge in [0.2, 0.25) is 0 Å². The van der Waals surface area contributed by atoms with Crippen molar-refractivity contribution < 1.29 is 14.6 Å². The van der Waals surface area contributed by atoms with Gasteiger partial charge < -0.3 is 15.2 Å². The first kappa shape index (κ1) is 14.4. The topological polar surface area (TPSA) is 58.6 Å². The molecule has 22 heavy (non-hydrogen) atoms. The third-order valence-corrected chi connectivity index (χ3v) is 4.19. The lowest BCUT2D eigenvalue weighted by Crippen LogP contribution is -2.27. The third-order valence-electron chi connectivity index (χ3n) is 4.19. The Labute approximate surface area is 129 Å². The van der Waals surface area contributed by atoms with Gasteiger partial charge in [0, 0.05) is 5.56 Å². The number of phenolic OH excluding ortho intramolecular Hbond substituents is 1. The number of methoxy groups -OCH3 is 1. The van der Waals surface area contributed by atoms with Gasteiger partial charge in [-0.1, -0.05) is 6.07 Å². The molecule has 2 aromatic carbocycles. The smallest absolute Gasteiger partial charge is 0.251 e. The van der Waals surface area contributed by atoms with E-state index in [-0.39, 0.29) is 17.7 Å². The molecular weight excluding hydrogens is 278 g/mol. The van der Waals surface area contributed by atoms with Crippen molar-refractivity contribution in [1.82, 2.24) is 5.32 Å². The van der Waals surface area contributed by atoms with Crippen LogP contribution in [0, 0.1) is 6.92 Å². The first-order valence-electron chi connectivity index (χ1n) is 7.36. The zero-order chi connectivity index (χ0) is 15.7. The summed E-state index contributed by atoms with van der Waals surface area (Å²) in [4.78, 5) is 12.4. The van der Waals surface area contributed by atoms with Crippen LogP contribution in [-0.2, 0) is 6.42 Å². The number of carbonyl (C=O) groups is 1. The average molecular weight is 297 g/mol. The molecule has 1 aliphatic carbocycles. The molecule has 0 heterocycles. The van der Waals surface area contributed by atoms with Gasteiger partial charge >= 0.3 is 0 Å². The van der Waals surface area contributed by atoms with E-state index >= 15 is 0 Å². The summed E-state index contributed by atoms with van der Waals surface area (Å²) in [5.41, 5.74) is 3.65. The van der Waals surface area contributed by atoms with Crippen LogP contribution in [0.1, 0.15) is 39.5 Å². The second-order valence-electron chi connectivity index (χ2n) is 5.63. The van der Waals surface area contributed by atoms with Crippen LogP contribution in [0.2, 0.25) is 0 Å². The lowest BCUT2D eigenvalue weighted by Gasteiger charge is -2.15. The molecule has 0 aliphatic heterocycles. The highest BCUT2D eigenvalue weighted by Crippen LogP contribution is 2.33. The van der Waals surface area contributed by atoms with Crippen molar-refractivity contribution in [1.29, 1.82) is 0 Å². The van der Waals surface area contributed by atoms with E-state index in [9.17, 15) is 9.90 Å². The number of aromatic hydroxyl groups is 1. The van der Waals surface area contributed by atoms with E-state index in [1.807, 2.05) is 18.2 Å². The number of ether oxygens (including phenoxy) is 1. The summed E-state index contributed by atoms with van der Waals surface area (Å²) < 4.78 is 5.24. The van der Waals surface area contributed by atoms with E-state index in [2.05, 4.69) is 5.32 Å². The lowest BCUT2D eigenvalue weighted by atomic mass is 10.1. The van der Waals surface area contributed by atoms with E-state index in [4.69, 9.17) is 4.74 Å². The number of nitrogens with one attached hydrogen (secondary N) is 1. The van der Waals surface area contributed by atoms with Crippen molar-refractivity contribution in [2.45, 2.75) is 25.8 Å². The molecule has 0 radical (unpaired) electrons. The Hall–Kier alpha value is -2.49. The van der Waals surface area contributed by atoms with Crippen molar-refractivity contribution in [2.75, 3.05) is 7.11 Å². The highest BCUT2D eigenvalue weighted by atomic mass is 16.5. The van der Waals surface area contributed by atoms with Gasteiger partial charge in [0.15, 0.2) is 0 Å². The minimum absolute atomic E-state index is 0.0301. The van der Waals surface area contributed by atoms with Crippen molar-refractivity contribution in [2.24, 2.45) is 0 Å². The SMILES string of the molecule is COc1ccc2c(c1)CCC2NC(=O)c1ccc(O)c(C)c1. The van der Waals surface area contributed by atoms with E-state index in [1.54, 1.807) is 32.2 Å². The normalized spacial score (nSPS) is 16.2. The molecule has 114 valence electrons. The molecule has 4 nitrogen and oxygen atoms in total. The Kier molecular flexibility index (Phi) is 3.75. The maximum Gasteiger partial charge on any atom is 0.251 e. The number of hydrogen-bond acceptors (Lipinski definition) is 3. The van der Waals surface area contributed by atoms with Gasteiger partial charge in [-0.05, 0) is 66.8 Å². The van der Waals surface area contributed by atoms with E-state index in [0.29, 0.717) is 11.1 Å². The molecule has 2 aromatic rings. The van der Waals surface area contributed by atoms with E-state index in [1.165, 1.54) is 5.56 Å². The fraction of sp³-hybridized carbons (Fsp3) is 0.278. The molecule has 1 atom stereocenters. The number of amides is 1. The molecule has 0 bridgehead atoms. The number of benzene rings is 2. The predicted molar refractivity (Wildman–Crippen MR) is 84.4 cm³/mol. The van der Waals surface area contributed by atoms with Gasteiger partial charge in [-0.25, -0.2) is 0 Å². The van der Waals surface area contributed by atoms with Crippen LogP contribution in [-0.4, -0.2) is 18.1 Å². The van der Waals surface area contributed by atoms with Gasteiger partial charge in [-0.15, -0.1) is 0 Å². The second kappa shape index (κ2) is 5.72. The Balaban J connectivity index is 1.78. The van der Waals surface area contributed by atoms with E-state index < -0.39 is 0 Å². The molecule has 0 fully saturated rings. The van der Waals surface area contributed by atoms with Crippen molar-refractivity contribution in [3.05, 3.63) is 58.7 Å². The van der Waals surface area contributed by atoms with Crippen LogP contribution in [0.5, 0.6) is 11.5 Å². The summed E-state index contributed by atoms with van der Waals surface area (Å²) in [5, 5.41) is 12.6. The monoisotopic (exact) mass is 297 g/mol. The van der Waals surface area contributed by atoms with E-state index in [0.717, 1.165) is 24.2 Å². The minimum atomic E-state index is -0.114. The molecule has 0 aromatic heterocycles. The zero-order valence-corrected chi connectivity index (χ0v) is 12.7. The minimum Gasteiger partial charge on any atom is -0.508 e. The molecule has 4 heteroatoms. The van der Waals surface area contributed by atoms with Gasteiger partial charge in [0.25, 0.3) is 5.91 Å². The maximum absolute atomic E-state index is 12.4. The standard InChI is InChI=1S/C18H19NO3/c1-11-9-13(4-8-17(11)20)18(21)19-16-7-3-12-10-14(22-2)5-6-15(12)16/h4-6,8-10,16,20H,3,7H2,1-2H3,(H,19,21).